The number of nitrogens with zero attached hydrogens (tertiary/aromatic N) is 5. The van der Waals surface area contributed by atoms with Crippen LogP contribution in [0, 0.1) is 0 Å². The van der Waals surface area contributed by atoms with E-state index >= 15 is 0 Å². The van der Waals surface area contributed by atoms with Gasteiger partial charge in [-0.3, -0.25) is 14.7 Å². The number of rotatable bonds is 5. The molecule has 2 aromatic rings. The van der Waals surface area contributed by atoms with Crippen LogP contribution >= 0.6 is 0 Å². The Labute approximate surface area is 127 Å². The van der Waals surface area contributed by atoms with Gasteiger partial charge in [-0.2, -0.15) is 0 Å². The number of carbonyl (C=O) groups is 1. The molecule has 8 nitrogen and oxygen atoms in total. The van der Waals surface area contributed by atoms with E-state index in [0.717, 1.165) is 25.1 Å². The summed E-state index contributed by atoms with van der Waals surface area (Å²) in [5.41, 5.74) is 6.12. The van der Waals surface area contributed by atoms with E-state index in [2.05, 4.69) is 25.3 Å². The highest BCUT2D eigenvalue weighted by Gasteiger charge is 2.28. The lowest BCUT2D eigenvalue weighted by atomic mass is 10.1. The fourth-order valence-corrected chi connectivity index (χ4v) is 2.63. The van der Waals surface area contributed by atoms with Crippen molar-refractivity contribution in [1.82, 2.24) is 24.8 Å². The van der Waals surface area contributed by atoms with E-state index < -0.39 is 0 Å². The van der Waals surface area contributed by atoms with E-state index in [0.29, 0.717) is 11.8 Å². The first kappa shape index (κ1) is 14.3. The van der Waals surface area contributed by atoms with Crippen LogP contribution in [0.5, 0.6) is 0 Å². The van der Waals surface area contributed by atoms with Gasteiger partial charge in [-0.25, -0.2) is 15.0 Å². The highest BCUT2D eigenvalue weighted by Crippen LogP contribution is 2.30. The third-order valence-corrected chi connectivity index (χ3v) is 3.52. The van der Waals surface area contributed by atoms with Crippen molar-refractivity contribution in [2.24, 2.45) is 5.73 Å². The minimum Gasteiger partial charge on any atom is -0.369 e. The minimum absolute atomic E-state index is 0.0680. The second-order valence-corrected chi connectivity index (χ2v) is 5.12. The van der Waals surface area contributed by atoms with Crippen LogP contribution in [0.1, 0.15) is 24.6 Å². The molecule has 3 N–H and O–H groups in total. The summed E-state index contributed by atoms with van der Waals surface area (Å²) in [4.78, 5) is 30.2. The Balaban J connectivity index is 1.77. The lowest BCUT2D eigenvalue weighted by Crippen LogP contribution is -2.33. The first-order chi connectivity index (χ1) is 10.7. The number of nitrogens with two attached hydrogens (primary N) is 1. The summed E-state index contributed by atoms with van der Waals surface area (Å²) >= 11 is 0. The summed E-state index contributed by atoms with van der Waals surface area (Å²) < 4.78 is 0. The van der Waals surface area contributed by atoms with Crippen LogP contribution < -0.4 is 11.1 Å². The molecular formula is C14H17N7O. The fraction of sp³-hybridized carbons (Fsp3) is 0.357. The molecule has 1 aliphatic heterocycles. The Kier molecular flexibility index (Phi) is 4.19. The molecule has 0 bridgehead atoms. The molecule has 8 heteroatoms. The Morgan fingerprint density at radius 2 is 2.18 bits per heavy atom. The van der Waals surface area contributed by atoms with Crippen molar-refractivity contribution in [3.63, 3.8) is 0 Å². The molecule has 114 valence electrons. The summed E-state index contributed by atoms with van der Waals surface area (Å²) in [6, 6.07) is 1.81. The zero-order chi connectivity index (χ0) is 15.4. The molecule has 1 atom stereocenters. The molecule has 0 aromatic carbocycles. The number of nitrogens with one attached hydrogen (secondary N) is 1. The van der Waals surface area contributed by atoms with E-state index in [4.69, 9.17) is 5.73 Å². The first-order valence-corrected chi connectivity index (χ1v) is 7.11. The molecule has 0 radical (unpaired) electrons. The molecule has 0 aliphatic carbocycles. The quantitative estimate of drug-likeness (QED) is 0.833. The molecule has 1 fully saturated rings. The molecule has 3 heterocycles. The number of amides is 1. The molecule has 1 amide bonds. The number of carbonyl (C=O) groups excluding carboxylic acids is 1. The van der Waals surface area contributed by atoms with E-state index in [1.165, 1.54) is 0 Å². The second kappa shape index (κ2) is 6.44. The monoisotopic (exact) mass is 299 g/mol. The Morgan fingerprint density at radius 1 is 1.36 bits per heavy atom. The van der Waals surface area contributed by atoms with Gasteiger partial charge in [-0.1, -0.05) is 0 Å². The Morgan fingerprint density at radius 3 is 2.95 bits per heavy atom. The maximum absolute atomic E-state index is 11.2. The molecule has 2 aromatic heterocycles. The first-order valence-electron chi connectivity index (χ1n) is 7.11. The van der Waals surface area contributed by atoms with Crippen molar-refractivity contribution in [3.05, 3.63) is 36.5 Å². The van der Waals surface area contributed by atoms with Crippen LogP contribution in [0.2, 0.25) is 0 Å². The largest absolute Gasteiger partial charge is 0.369 e. The maximum Gasteiger partial charge on any atom is 0.231 e. The number of anilines is 2. The van der Waals surface area contributed by atoms with Crippen LogP contribution in [0.3, 0.4) is 0 Å². The average molecular weight is 299 g/mol. The SMILES string of the molecule is NC(=O)CN1CCCC1c1cncc(Nc2ncccn2)n1. The highest BCUT2D eigenvalue weighted by atomic mass is 16.1. The lowest BCUT2D eigenvalue weighted by molar-refractivity contribution is -0.119. The molecule has 1 aliphatic rings. The van der Waals surface area contributed by atoms with Gasteiger partial charge in [-0.05, 0) is 25.5 Å². The van der Waals surface area contributed by atoms with E-state index in [9.17, 15) is 4.79 Å². The van der Waals surface area contributed by atoms with Crippen molar-refractivity contribution in [2.75, 3.05) is 18.4 Å². The summed E-state index contributed by atoms with van der Waals surface area (Å²) in [5, 5.41) is 3.02. The third kappa shape index (κ3) is 3.34. The zero-order valence-electron chi connectivity index (χ0n) is 12.0. The number of aromatic nitrogens is 4. The normalized spacial score (nSPS) is 18.3. The van der Waals surface area contributed by atoms with E-state index in [-0.39, 0.29) is 18.5 Å². The second-order valence-electron chi connectivity index (χ2n) is 5.12. The maximum atomic E-state index is 11.2. The van der Waals surface area contributed by atoms with Crippen LogP contribution in [-0.4, -0.2) is 43.8 Å². The summed E-state index contributed by atoms with van der Waals surface area (Å²) in [6.07, 6.45) is 8.59. The predicted octanol–water partition coefficient (Wildman–Crippen LogP) is 0.632. The van der Waals surface area contributed by atoms with Crippen LogP contribution in [0.15, 0.2) is 30.9 Å². The standard InChI is InChI=1S/C14H17N7O/c15-12(22)9-21-6-1-3-11(21)10-7-16-8-13(19-10)20-14-17-4-2-5-18-14/h2,4-5,7-8,11H,1,3,6,9H2,(H2,15,22)(H,17,18,19,20). The van der Waals surface area contributed by atoms with Gasteiger partial charge in [0, 0.05) is 12.4 Å². The highest BCUT2D eigenvalue weighted by molar-refractivity contribution is 5.76. The van der Waals surface area contributed by atoms with Gasteiger partial charge >= 0.3 is 0 Å². The number of hydrogen-bond acceptors (Lipinski definition) is 7. The molecule has 22 heavy (non-hydrogen) atoms. The van der Waals surface area contributed by atoms with Crippen LogP contribution in [0.4, 0.5) is 11.8 Å². The van der Waals surface area contributed by atoms with Crippen LogP contribution in [0.25, 0.3) is 0 Å². The summed E-state index contributed by atoms with van der Waals surface area (Å²) in [5.74, 6) is 0.718. The van der Waals surface area contributed by atoms with Gasteiger partial charge in [0.15, 0.2) is 5.82 Å². The van der Waals surface area contributed by atoms with Crippen molar-refractivity contribution in [1.29, 1.82) is 0 Å². The molecule has 0 spiro atoms. The van der Waals surface area contributed by atoms with Gasteiger partial charge in [0.1, 0.15) is 0 Å². The third-order valence-electron chi connectivity index (χ3n) is 3.52. The molecule has 0 saturated carbocycles. The smallest absolute Gasteiger partial charge is 0.231 e. The van der Waals surface area contributed by atoms with Crippen LogP contribution in [-0.2, 0) is 4.79 Å². The summed E-state index contributed by atoms with van der Waals surface area (Å²) in [7, 11) is 0. The lowest BCUT2D eigenvalue weighted by Gasteiger charge is -2.22. The van der Waals surface area contributed by atoms with Gasteiger partial charge in [-0.15, -0.1) is 0 Å². The van der Waals surface area contributed by atoms with Crippen molar-refractivity contribution < 1.29 is 4.79 Å². The molecular weight excluding hydrogens is 282 g/mol. The molecule has 1 unspecified atom stereocenters. The number of likely N-dealkylation sites (tertiary alicyclic amines) is 1. The predicted molar refractivity (Wildman–Crippen MR) is 80.1 cm³/mol. The van der Waals surface area contributed by atoms with Gasteiger partial charge in [0.25, 0.3) is 0 Å². The topological polar surface area (TPSA) is 110 Å². The van der Waals surface area contributed by atoms with E-state index in [1.807, 2.05) is 4.90 Å². The van der Waals surface area contributed by atoms with Gasteiger partial charge in [0.2, 0.25) is 11.9 Å². The minimum atomic E-state index is -0.327. The Bertz CT molecular complexity index is 649. The van der Waals surface area contributed by atoms with Crippen molar-refractivity contribution in [3.8, 4) is 0 Å². The summed E-state index contributed by atoms with van der Waals surface area (Å²) in [6.45, 7) is 1.08. The zero-order valence-corrected chi connectivity index (χ0v) is 12.0. The number of primary amides is 1. The molecule has 1 saturated heterocycles. The fourth-order valence-electron chi connectivity index (χ4n) is 2.63. The average Bonchev–Trinajstić information content (AvgIpc) is 2.96. The van der Waals surface area contributed by atoms with Crippen molar-refractivity contribution >= 4 is 17.7 Å². The molecule has 3 rings (SSSR count). The van der Waals surface area contributed by atoms with Crippen molar-refractivity contribution in [2.45, 2.75) is 18.9 Å². The van der Waals surface area contributed by atoms with Gasteiger partial charge in [0.05, 0.1) is 30.7 Å². The van der Waals surface area contributed by atoms with Gasteiger partial charge < -0.3 is 11.1 Å². The Hall–Kier alpha value is -2.61. The number of hydrogen-bond donors (Lipinski definition) is 2. The van der Waals surface area contributed by atoms with E-state index in [1.54, 1.807) is 30.9 Å².